The van der Waals surface area contributed by atoms with Gasteiger partial charge in [-0.25, -0.2) is 4.98 Å². The third kappa shape index (κ3) is 3.78. The van der Waals surface area contributed by atoms with Crippen LogP contribution in [-0.4, -0.2) is 33.5 Å². The standard InChI is InChI=1S/C21H21N5O2/c1-13-6-8-14(9-7-13)20-24-18(25-26-20)10-11-22-19(27)12-17-15-4-2-3-5-16(15)21(28)23-17/h2-9,17H,10-12H2,1H3,(H,22,27)(H,23,28)(H,24,25,26). The Morgan fingerprint density at radius 1 is 1.14 bits per heavy atom. The van der Waals surface area contributed by atoms with Crippen molar-refractivity contribution in [2.45, 2.75) is 25.8 Å². The lowest BCUT2D eigenvalue weighted by Gasteiger charge is -2.11. The molecule has 3 N–H and O–H groups in total. The van der Waals surface area contributed by atoms with Crippen LogP contribution in [0.3, 0.4) is 0 Å². The highest BCUT2D eigenvalue weighted by Crippen LogP contribution is 2.27. The summed E-state index contributed by atoms with van der Waals surface area (Å²) in [5.74, 6) is 1.13. The van der Waals surface area contributed by atoms with Crippen molar-refractivity contribution in [3.05, 3.63) is 71.0 Å². The molecular weight excluding hydrogens is 354 g/mol. The van der Waals surface area contributed by atoms with Gasteiger partial charge in [-0.05, 0) is 18.6 Å². The summed E-state index contributed by atoms with van der Waals surface area (Å²) in [4.78, 5) is 28.7. The Labute approximate surface area is 162 Å². The van der Waals surface area contributed by atoms with Crippen LogP contribution in [0.4, 0.5) is 0 Å². The Kier molecular flexibility index (Phi) is 4.89. The number of nitrogens with zero attached hydrogens (tertiary/aromatic N) is 2. The summed E-state index contributed by atoms with van der Waals surface area (Å²) in [6, 6.07) is 15.1. The summed E-state index contributed by atoms with van der Waals surface area (Å²) in [7, 11) is 0. The van der Waals surface area contributed by atoms with Crippen molar-refractivity contribution in [3.63, 3.8) is 0 Å². The van der Waals surface area contributed by atoms with Crippen LogP contribution < -0.4 is 10.6 Å². The molecule has 0 bridgehead atoms. The molecular formula is C21H21N5O2. The predicted octanol–water partition coefficient (Wildman–Crippen LogP) is 2.31. The van der Waals surface area contributed by atoms with Gasteiger partial charge < -0.3 is 10.6 Å². The third-order valence-corrected chi connectivity index (χ3v) is 4.80. The van der Waals surface area contributed by atoms with Crippen molar-refractivity contribution in [2.75, 3.05) is 6.54 Å². The Balaban J connectivity index is 1.28. The first-order chi connectivity index (χ1) is 13.6. The van der Waals surface area contributed by atoms with Gasteiger partial charge in [0.2, 0.25) is 5.91 Å². The molecule has 3 aromatic rings. The molecule has 0 aliphatic carbocycles. The molecule has 7 nitrogen and oxygen atoms in total. The van der Waals surface area contributed by atoms with E-state index in [1.807, 2.05) is 49.4 Å². The first-order valence-electron chi connectivity index (χ1n) is 9.25. The Morgan fingerprint density at radius 2 is 1.93 bits per heavy atom. The highest BCUT2D eigenvalue weighted by molar-refractivity contribution is 5.99. The number of aryl methyl sites for hydroxylation is 1. The lowest BCUT2D eigenvalue weighted by Crippen LogP contribution is -2.30. The van der Waals surface area contributed by atoms with Gasteiger partial charge in [-0.15, -0.1) is 0 Å². The van der Waals surface area contributed by atoms with Crippen LogP contribution >= 0.6 is 0 Å². The van der Waals surface area contributed by atoms with Crippen molar-refractivity contribution in [2.24, 2.45) is 0 Å². The van der Waals surface area contributed by atoms with Gasteiger partial charge in [0.1, 0.15) is 5.82 Å². The van der Waals surface area contributed by atoms with Crippen molar-refractivity contribution < 1.29 is 9.59 Å². The molecule has 7 heteroatoms. The second-order valence-electron chi connectivity index (χ2n) is 6.89. The fourth-order valence-corrected chi connectivity index (χ4v) is 3.30. The Morgan fingerprint density at radius 3 is 2.75 bits per heavy atom. The normalized spacial score (nSPS) is 15.2. The monoisotopic (exact) mass is 375 g/mol. The Bertz CT molecular complexity index is 1010. The largest absolute Gasteiger partial charge is 0.356 e. The number of amides is 2. The van der Waals surface area contributed by atoms with E-state index in [0.29, 0.717) is 24.4 Å². The molecule has 4 rings (SSSR count). The number of H-pyrrole nitrogens is 1. The van der Waals surface area contributed by atoms with Gasteiger partial charge in [-0.2, -0.15) is 5.10 Å². The summed E-state index contributed by atoms with van der Waals surface area (Å²) in [5.41, 5.74) is 3.65. The fraction of sp³-hybridized carbons (Fsp3) is 0.238. The maximum atomic E-state index is 12.3. The van der Waals surface area contributed by atoms with Crippen LogP contribution in [0.15, 0.2) is 48.5 Å². The number of benzene rings is 2. The molecule has 0 saturated carbocycles. The van der Waals surface area contributed by atoms with E-state index in [4.69, 9.17) is 0 Å². The number of hydrogen-bond acceptors (Lipinski definition) is 4. The number of aromatic amines is 1. The van der Waals surface area contributed by atoms with E-state index in [1.54, 1.807) is 6.07 Å². The van der Waals surface area contributed by atoms with Crippen molar-refractivity contribution in [1.29, 1.82) is 0 Å². The van der Waals surface area contributed by atoms with Gasteiger partial charge >= 0.3 is 0 Å². The number of hydrogen-bond donors (Lipinski definition) is 3. The number of carbonyl (C=O) groups is 2. The first-order valence-corrected chi connectivity index (χ1v) is 9.25. The highest BCUT2D eigenvalue weighted by Gasteiger charge is 2.29. The summed E-state index contributed by atoms with van der Waals surface area (Å²) >= 11 is 0. The lowest BCUT2D eigenvalue weighted by atomic mass is 10.0. The molecule has 0 saturated heterocycles. The van der Waals surface area contributed by atoms with Gasteiger partial charge in [-0.3, -0.25) is 14.7 Å². The van der Waals surface area contributed by atoms with E-state index in [2.05, 4.69) is 25.8 Å². The van der Waals surface area contributed by atoms with Gasteiger partial charge in [0.25, 0.3) is 5.91 Å². The van der Waals surface area contributed by atoms with E-state index in [1.165, 1.54) is 5.56 Å². The minimum Gasteiger partial charge on any atom is -0.356 e. The van der Waals surface area contributed by atoms with E-state index >= 15 is 0 Å². The van der Waals surface area contributed by atoms with Crippen molar-refractivity contribution >= 4 is 11.8 Å². The smallest absolute Gasteiger partial charge is 0.252 e. The summed E-state index contributed by atoms with van der Waals surface area (Å²) < 4.78 is 0. The molecule has 0 radical (unpaired) electrons. The molecule has 1 aliphatic rings. The first kappa shape index (κ1) is 17.9. The van der Waals surface area contributed by atoms with Crippen LogP contribution in [0.5, 0.6) is 0 Å². The molecule has 28 heavy (non-hydrogen) atoms. The van der Waals surface area contributed by atoms with Gasteiger partial charge in [0.05, 0.1) is 12.5 Å². The average molecular weight is 375 g/mol. The zero-order valence-electron chi connectivity index (χ0n) is 15.5. The summed E-state index contributed by atoms with van der Waals surface area (Å²) in [6.45, 7) is 2.48. The van der Waals surface area contributed by atoms with Crippen LogP contribution in [0, 0.1) is 6.92 Å². The van der Waals surface area contributed by atoms with Crippen LogP contribution in [0.1, 0.15) is 39.8 Å². The number of aromatic nitrogens is 3. The Hall–Kier alpha value is -3.48. The molecule has 1 atom stereocenters. The van der Waals surface area contributed by atoms with Gasteiger partial charge in [0.15, 0.2) is 5.82 Å². The maximum absolute atomic E-state index is 12.3. The molecule has 1 unspecified atom stereocenters. The number of carbonyl (C=O) groups excluding carboxylic acids is 2. The van der Waals surface area contributed by atoms with E-state index in [9.17, 15) is 9.59 Å². The van der Waals surface area contributed by atoms with Crippen LogP contribution in [-0.2, 0) is 11.2 Å². The minimum absolute atomic E-state index is 0.111. The second kappa shape index (κ2) is 7.64. The molecule has 142 valence electrons. The summed E-state index contributed by atoms with van der Waals surface area (Å²) in [5, 5.41) is 12.9. The van der Waals surface area contributed by atoms with Crippen LogP contribution in [0.2, 0.25) is 0 Å². The molecule has 1 aliphatic heterocycles. The van der Waals surface area contributed by atoms with Crippen LogP contribution in [0.25, 0.3) is 11.4 Å². The molecule has 0 spiro atoms. The molecule has 0 fully saturated rings. The quantitative estimate of drug-likeness (QED) is 0.616. The minimum atomic E-state index is -0.276. The zero-order chi connectivity index (χ0) is 19.5. The number of nitrogens with one attached hydrogen (secondary N) is 3. The van der Waals surface area contributed by atoms with Gasteiger partial charge in [-0.1, -0.05) is 48.0 Å². The van der Waals surface area contributed by atoms with Gasteiger partial charge in [0, 0.05) is 24.1 Å². The van der Waals surface area contributed by atoms with E-state index < -0.39 is 0 Å². The molecule has 2 amide bonds. The van der Waals surface area contributed by atoms with E-state index in [0.717, 1.165) is 17.0 Å². The topological polar surface area (TPSA) is 99.8 Å². The zero-order valence-corrected chi connectivity index (χ0v) is 15.5. The summed E-state index contributed by atoms with van der Waals surface area (Å²) in [6.07, 6.45) is 0.770. The number of fused-ring (bicyclic) bond motifs is 1. The molecule has 2 aromatic carbocycles. The predicted molar refractivity (Wildman–Crippen MR) is 105 cm³/mol. The number of rotatable bonds is 6. The molecule has 2 heterocycles. The van der Waals surface area contributed by atoms with Crippen molar-refractivity contribution in [1.82, 2.24) is 25.8 Å². The second-order valence-corrected chi connectivity index (χ2v) is 6.89. The average Bonchev–Trinajstić information content (AvgIpc) is 3.28. The lowest BCUT2D eigenvalue weighted by molar-refractivity contribution is -0.121. The van der Waals surface area contributed by atoms with Crippen molar-refractivity contribution in [3.8, 4) is 11.4 Å². The van der Waals surface area contributed by atoms with E-state index in [-0.39, 0.29) is 24.3 Å². The highest BCUT2D eigenvalue weighted by atomic mass is 16.2. The SMILES string of the molecule is Cc1ccc(-c2n[nH]c(CCNC(=O)CC3NC(=O)c4ccccc43)n2)cc1. The third-order valence-electron chi connectivity index (χ3n) is 4.80. The maximum Gasteiger partial charge on any atom is 0.252 e. The fourth-order valence-electron chi connectivity index (χ4n) is 3.30. The molecule has 1 aromatic heterocycles.